The maximum Gasteiger partial charge on any atom is 0.255 e. The first-order chi connectivity index (χ1) is 16.8. The number of amides is 1. The Morgan fingerprint density at radius 1 is 0.943 bits per heavy atom. The second kappa shape index (κ2) is 10.3. The van der Waals surface area contributed by atoms with Crippen molar-refractivity contribution in [3.63, 3.8) is 0 Å². The van der Waals surface area contributed by atoms with Crippen LogP contribution in [-0.4, -0.2) is 64.0 Å². The molecule has 0 bridgehead atoms. The molecular formula is C24H25FN4O5S. The van der Waals surface area contributed by atoms with E-state index >= 15 is 0 Å². The molecule has 0 aliphatic carbocycles. The number of sulfonamides is 1. The molecule has 0 unspecified atom stereocenters. The van der Waals surface area contributed by atoms with E-state index in [1.54, 1.807) is 36.5 Å². The number of aromatic nitrogens is 1. The number of pyridine rings is 1. The maximum absolute atomic E-state index is 13.1. The SMILES string of the molecule is COc1ccc(C(=O)Nc2ccc(N3CCN(S(=O)(=O)c4ccc(F)cc4)CC3)nc2)cc1OC. The lowest BCUT2D eigenvalue weighted by Crippen LogP contribution is -2.48. The van der Waals surface area contributed by atoms with Gasteiger partial charge in [0.1, 0.15) is 11.6 Å². The molecule has 1 aromatic heterocycles. The summed E-state index contributed by atoms with van der Waals surface area (Å²) in [5.41, 5.74) is 0.927. The summed E-state index contributed by atoms with van der Waals surface area (Å²) in [7, 11) is -0.662. The summed E-state index contributed by atoms with van der Waals surface area (Å²) < 4.78 is 50.6. The van der Waals surface area contributed by atoms with Gasteiger partial charge in [0.15, 0.2) is 11.5 Å². The largest absolute Gasteiger partial charge is 0.493 e. The van der Waals surface area contributed by atoms with Gasteiger partial charge in [-0.05, 0) is 54.6 Å². The number of nitrogens with zero attached hydrogens (tertiary/aromatic N) is 3. The summed E-state index contributed by atoms with van der Waals surface area (Å²) in [6.07, 6.45) is 1.55. The third-order valence-electron chi connectivity index (χ3n) is 5.67. The fraction of sp³-hybridized carbons (Fsp3) is 0.250. The average molecular weight is 501 g/mol. The lowest BCUT2D eigenvalue weighted by Gasteiger charge is -2.34. The molecule has 2 heterocycles. The van der Waals surface area contributed by atoms with E-state index in [-0.39, 0.29) is 23.9 Å². The molecule has 1 N–H and O–H groups in total. The number of methoxy groups -OCH3 is 2. The first-order valence-corrected chi connectivity index (χ1v) is 12.3. The molecule has 0 spiro atoms. The lowest BCUT2D eigenvalue weighted by molar-refractivity contribution is 0.102. The van der Waals surface area contributed by atoms with Crippen LogP contribution in [0.4, 0.5) is 15.9 Å². The fourth-order valence-electron chi connectivity index (χ4n) is 3.74. The smallest absolute Gasteiger partial charge is 0.255 e. The van der Waals surface area contributed by atoms with Crippen LogP contribution in [0, 0.1) is 5.82 Å². The number of rotatable bonds is 7. The lowest BCUT2D eigenvalue weighted by atomic mass is 10.2. The zero-order valence-electron chi connectivity index (χ0n) is 19.3. The van der Waals surface area contributed by atoms with E-state index in [2.05, 4.69) is 10.3 Å². The summed E-state index contributed by atoms with van der Waals surface area (Å²) in [6, 6.07) is 13.2. The Balaban J connectivity index is 1.36. The summed E-state index contributed by atoms with van der Waals surface area (Å²) in [4.78, 5) is 19.1. The number of nitrogens with one attached hydrogen (secondary N) is 1. The van der Waals surface area contributed by atoms with Crippen LogP contribution < -0.4 is 19.7 Å². The van der Waals surface area contributed by atoms with Gasteiger partial charge in [-0.25, -0.2) is 17.8 Å². The van der Waals surface area contributed by atoms with E-state index in [0.717, 1.165) is 12.1 Å². The summed E-state index contributed by atoms with van der Waals surface area (Å²) in [5.74, 6) is 0.853. The Hall–Kier alpha value is -3.70. The molecule has 184 valence electrons. The Bertz CT molecular complexity index is 1290. The standard InChI is InChI=1S/C24H25FN4O5S/c1-33-21-9-3-17(15-22(21)34-2)24(30)27-19-6-10-23(26-16-19)28-11-13-29(14-12-28)35(31,32)20-7-4-18(25)5-8-20/h3-10,15-16H,11-14H2,1-2H3,(H,27,30). The van der Waals surface area contributed by atoms with Crippen LogP contribution in [0.15, 0.2) is 65.7 Å². The minimum atomic E-state index is -3.69. The van der Waals surface area contributed by atoms with Gasteiger partial charge in [-0.2, -0.15) is 4.31 Å². The van der Waals surface area contributed by atoms with Crippen molar-refractivity contribution < 1.29 is 27.1 Å². The number of hydrogen-bond donors (Lipinski definition) is 1. The zero-order chi connectivity index (χ0) is 25.0. The van der Waals surface area contributed by atoms with E-state index in [1.165, 1.54) is 30.7 Å². The quantitative estimate of drug-likeness (QED) is 0.532. The number of ether oxygens (including phenoxy) is 2. The monoisotopic (exact) mass is 500 g/mol. The summed E-state index contributed by atoms with van der Waals surface area (Å²) in [6.45, 7) is 1.45. The van der Waals surface area contributed by atoms with E-state index < -0.39 is 15.8 Å². The number of anilines is 2. The van der Waals surface area contributed by atoms with Crippen molar-refractivity contribution in [2.45, 2.75) is 4.90 Å². The molecule has 35 heavy (non-hydrogen) atoms. The van der Waals surface area contributed by atoms with Gasteiger partial charge in [0.2, 0.25) is 10.0 Å². The number of benzene rings is 2. The normalized spacial score (nSPS) is 14.4. The molecule has 9 nitrogen and oxygen atoms in total. The Kier molecular flexibility index (Phi) is 7.17. The summed E-state index contributed by atoms with van der Waals surface area (Å²) >= 11 is 0. The number of hydrogen-bond acceptors (Lipinski definition) is 7. The van der Waals surface area contributed by atoms with Crippen LogP contribution in [0.2, 0.25) is 0 Å². The molecule has 0 radical (unpaired) electrons. The topological polar surface area (TPSA) is 101 Å². The van der Waals surface area contributed by atoms with E-state index in [9.17, 15) is 17.6 Å². The van der Waals surface area contributed by atoms with Crippen molar-refractivity contribution in [2.24, 2.45) is 0 Å². The fourth-order valence-corrected chi connectivity index (χ4v) is 5.16. The van der Waals surface area contributed by atoms with E-state index in [4.69, 9.17) is 9.47 Å². The highest BCUT2D eigenvalue weighted by molar-refractivity contribution is 7.89. The molecule has 1 saturated heterocycles. The molecule has 1 aliphatic heterocycles. The molecule has 11 heteroatoms. The molecule has 0 saturated carbocycles. The molecule has 1 amide bonds. The average Bonchev–Trinajstić information content (AvgIpc) is 2.89. The minimum Gasteiger partial charge on any atom is -0.493 e. The molecule has 1 fully saturated rings. The third-order valence-corrected chi connectivity index (χ3v) is 7.58. The van der Waals surface area contributed by atoms with Crippen LogP contribution in [0.1, 0.15) is 10.4 Å². The van der Waals surface area contributed by atoms with Crippen molar-refractivity contribution in [1.29, 1.82) is 0 Å². The van der Waals surface area contributed by atoms with Crippen LogP contribution in [-0.2, 0) is 10.0 Å². The van der Waals surface area contributed by atoms with Crippen molar-refractivity contribution in [2.75, 3.05) is 50.6 Å². The highest BCUT2D eigenvalue weighted by Crippen LogP contribution is 2.28. The van der Waals surface area contributed by atoms with Gasteiger partial charge in [-0.1, -0.05) is 0 Å². The first kappa shape index (κ1) is 24.4. The van der Waals surface area contributed by atoms with Crippen LogP contribution >= 0.6 is 0 Å². The molecule has 0 atom stereocenters. The van der Waals surface area contributed by atoms with Crippen molar-refractivity contribution >= 4 is 27.4 Å². The van der Waals surface area contributed by atoms with Gasteiger partial charge < -0.3 is 19.7 Å². The van der Waals surface area contributed by atoms with Gasteiger partial charge in [0.05, 0.1) is 31.0 Å². The highest BCUT2D eigenvalue weighted by Gasteiger charge is 2.29. The predicted octanol–water partition coefficient (Wildman–Crippen LogP) is 3.00. The van der Waals surface area contributed by atoms with Crippen LogP contribution in [0.25, 0.3) is 0 Å². The van der Waals surface area contributed by atoms with Crippen LogP contribution in [0.3, 0.4) is 0 Å². The third kappa shape index (κ3) is 5.36. The molecule has 2 aromatic carbocycles. The maximum atomic E-state index is 13.1. The van der Waals surface area contributed by atoms with Gasteiger partial charge in [0.25, 0.3) is 5.91 Å². The van der Waals surface area contributed by atoms with Gasteiger partial charge in [0, 0.05) is 31.7 Å². The van der Waals surface area contributed by atoms with E-state index in [0.29, 0.717) is 41.7 Å². The van der Waals surface area contributed by atoms with Gasteiger partial charge in [-0.15, -0.1) is 0 Å². The van der Waals surface area contributed by atoms with Crippen molar-refractivity contribution in [3.05, 3.63) is 72.2 Å². The molecule has 3 aromatic rings. The second-order valence-electron chi connectivity index (χ2n) is 7.77. The first-order valence-electron chi connectivity index (χ1n) is 10.8. The van der Waals surface area contributed by atoms with Crippen molar-refractivity contribution in [3.8, 4) is 11.5 Å². The van der Waals surface area contributed by atoms with Crippen molar-refractivity contribution in [1.82, 2.24) is 9.29 Å². The number of piperazine rings is 1. The molecule has 1 aliphatic rings. The van der Waals surface area contributed by atoms with Gasteiger partial charge in [-0.3, -0.25) is 4.79 Å². The number of carbonyl (C=O) groups is 1. The zero-order valence-corrected chi connectivity index (χ0v) is 20.1. The Labute approximate surface area is 203 Å². The Morgan fingerprint density at radius 3 is 2.23 bits per heavy atom. The van der Waals surface area contributed by atoms with Crippen LogP contribution in [0.5, 0.6) is 11.5 Å². The minimum absolute atomic E-state index is 0.0695. The molecular weight excluding hydrogens is 475 g/mol. The van der Waals surface area contributed by atoms with E-state index in [1.807, 2.05) is 4.90 Å². The highest BCUT2D eigenvalue weighted by atomic mass is 32.2. The Morgan fingerprint density at radius 2 is 1.63 bits per heavy atom. The number of carbonyl (C=O) groups excluding carboxylic acids is 1. The molecule has 4 rings (SSSR count). The summed E-state index contributed by atoms with van der Waals surface area (Å²) in [5, 5.41) is 2.80. The van der Waals surface area contributed by atoms with Gasteiger partial charge >= 0.3 is 0 Å². The predicted molar refractivity (Wildman–Crippen MR) is 129 cm³/mol. The second-order valence-corrected chi connectivity index (χ2v) is 9.71. The number of halogens is 1.